The van der Waals surface area contributed by atoms with E-state index >= 15 is 0 Å². The number of anilines is 1. The van der Waals surface area contributed by atoms with Gasteiger partial charge in [0.05, 0.1) is 24.9 Å². The number of hydrogen-bond donors (Lipinski definition) is 1. The van der Waals surface area contributed by atoms with Crippen molar-refractivity contribution >= 4 is 28.4 Å². The summed E-state index contributed by atoms with van der Waals surface area (Å²) >= 11 is 1.39. The first-order valence-electron chi connectivity index (χ1n) is 6.33. The van der Waals surface area contributed by atoms with Gasteiger partial charge in [0.2, 0.25) is 10.9 Å². The van der Waals surface area contributed by atoms with Crippen molar-refractivity contribution in [1.82, 2.24) is 4.98 Å². The SMILES string of the molecule is CCOc1cc(/C=N\Nc2nccs2)cc([N+](=O)[O-])c1OC. The lowest BCUT2D eigenvalue weighted by molar-refractivity contribution is -0.385. The van der Waals surface area contributed by atoms with Crippen LogP contribution in [0.15, 0.2) is 28.8 Å². The van der Waals surface area contributed by atoms with Crippen LogP contribution >= 0.6 is 11.3 Å². The molecule has 0 aliphatic carbocycles. The average molecular weight is 322 g/mol. The minimum atomic E-state index is -0.521. The second-order valence-corrected chi connectivity index (χ2v) is 4.86. The van der Waals surface area contributed by atoms with Crippen LogP contribution in [0.2, 0.25) is 0 Å². The van der Waals surface area contributed by atoms with E-state index in [1.165, 1.54) is 30.7 Å². The van der Waals surface area contributed by atoms with Crippen molar-refractivity contribution in [2.24, 2.45) is 5.10 Å². The Hall–Kier alpha value is -2.68. The van der Waals surface area contributed by atoms with Crippen molar-refractivity contribution in [1.29, 1.82) is 0 Å². The molecule has 1 aromatic carbocycles. The number of nitrogens with one attached hydrogen (secondary N) is 1. The summed E-state index contributed by atoms with van der Waals surface area (Å²) in [6.07, 6.45) is 3.10. The lowest BCUT2D eigenvalue weighted by Crippen LogP contribution is -2.01. The fourth-order valence-electron chi connectivity index (χ4n) is 1.73. The summed E-state index contributed by atoms with van der Waals surface area (Å²) < 4.78 is 10.5. The molecule has 22 heavy (non-hydrogen) atoms. The Morgan fingerprint density at radius 1 is 1.55 bits per heavy atom. The van der Waals surface area contributed by atoms with E-state index < -0.39 is 4.92 Å². The van der Waals surface area contributed by atoms with Crippen molar-refractivity contribution < 1.29 is 14.4 Å². The highest BCUT2D eigenvalue weighted by molar-refractivity contribution is 7.13. The molecule has 0 saturated heterocycles. The number of rotatable bonds is 7. The van der Waals surface area contributed by atoms with Crippen LogP contribution in [0.3, 0.4) is 0 Å². The molecular formula is C13H14N4O4S. The average Bonchev–Trinajstić information content (AvgIpc) is 3.00. The van der Waals surface area contributed by atoms with Gasteiger partial charge in [-0.3, -0.25) is 15.5 Å². The zero-order valence-electron chi connectivity index (χ0n) is 12.0. The van der Waals surface area contributed by atoms with Crippen LogP contribution in [0.1, 0.15) is 12.5 Å². The molecule has 0 amide bonds. The first kappa shape index (κ1) is 15.7. The van der Waals surface area contributed by atoms with Gasteiger partial charge >= 0.3 is 5.69 Å². The molecule has 0 aliphatic heterocycles. The molecule has 0 spiro atoms. The number of hydrogen-bond acceptors (Lipinski definition) is 8. The van der Waals surface area contributed by atoms with Crippen molar-refractivity contribution in [3.8, 4) is 11.5 Å². The van der Waals surface area contributed by atoms with Gasteiger partial charge in [-0.05, 0) is 13.0 Å². The van der Waals surface area contributed by atoms with Gasteiger partial charge in [-0.25, -0.2) is 4.98 Å². The first-order valence-corrected chi connectivity index (χ1v) is 7.21. The molecule has 8 nitrogen and oxygen atoms in total. The van der Waals surface area contributed by atoms with E-state index in [0.717, 1.165) is 0 Å². The number of hydrazone groups is 1. The number of ether oxygens (including phenoxy) is 2. The lowest BCUT2D eigenvalue weighted by atomic mass is 10.2. The fraction of sp³-hybridized carbons (Fsp3) is 0.231. The molecule has 1 N–H and O–H groups in total. The quantitative estimate of drug-likeness (QED) is 0.478. The highest BCUT2D eigenvalue weighted by atomic mass is 32.1. The maximum absolute atomic E-state index is 11.2. The molecule has 0 radical (unpaired) electrons. The second-order valence-electron chi connectivity index (χ2n) is 3.97. The molecule has 1 aromatic heterocycles. The normalized spacial score (nSPS) is 10.6. The van der Waals surface area contributed by atoms with Crippen LogP contribution < -0.4 is 14.9 Å². The monoisotopic (exact) mass is 322 g/mol. The van der Waals surface area contributed by atoms with Crippen LogP contribution in [0.5, 0.6) is 11.5 Å². The number of nitrogens with zero attached hydrogens (tertiary/aromatic N) is 3. The van der Waals surface area contributed by atoms with Gasteiger partial charge < -0.3 is 9.47 Å². The summed E-state index contributed by atoms with van der Waals surface area (Å²) in [6.45, 7) is 2.15. The fourth-order valence-corrected chi connectivity index (χ4v) is 2.20. The van der Waals surface area contributed by atoms with Gasteiger partial charge in [0, 0.05) is 23.2 Å². The third-order valence-corrected chi connectivity index (χ3v) is 3.24. The number of thiazole rings is 1. The van der Waals surface area contributed by atoms with E-state index in [0.29, 0.717) is 23.1 Å². The van der Waals surface area contributed by atoms with Crippen LogP contribution in [0, 0.1) is 10.1 Å². The van der Waals surface area contributed by atoms with Crippen molar-refractivity contribution in [3.63, 3.8) is 0 Å². The van der Waals surface area contributed by atoms with E-state index in [1.54, 1.807) is 19.2 Å². The van der Waals surface area contributed by atoms with Crippen LogP contribution in [0.25, 0.3) is 0 Å². The highest BCUT2D eigenvalue weighted by Gasteiger charge is 2.21. The number of aromatic nitrogens is 1. The molecule has 116 valence electrons. The summed E-state index contributed by atoms with van der Waals surface area (Å²) in [5, 5.41) is 17.6. The molecular weight excluding hydrogens is 308 g/mol. The standard InChI is InChI=1S/C13H14N4O4S/c1-3-21-11-7-9(6-10(17(18)19)12(11)20-2)8-15-16-13-14-4-5-22-13/h4-8H,3H2,1-2H3,(H,14,16)/b15-8-. The molecule has 0 saturated carbocycles. The van der Waals surface area contributed by atoms with Crippen molar-refractivity contribution in [3.05, 3.63) is 39.4 Å². The summed E-state index contributed by atoms with van der Waals surface area (Å²) in [6, 6.07) is 3.00. The summed E-state index contributed by atoms with van der Waals surface area (Å²) in [7, 11) is 1.36. The summed E-state index contributed by atoms with van der Waals surface area (Å²) in [5.74, 6) is 0.395. The Morgan fingerprint density at radius 2 is 2.36 bits per heavy atom. The van der Waals surface area contributed by atoms with Crippen molar-refractivity contribution in [2.75, 3.05) is 19.1 Å². The van der Waals surface area contributed by atoms with Gasteiger partial charge in [-0.2, -0.15) is 5.10 Å². The number of nitro benzene ring substituents is 1. The topological polar surface area (TPSA) is 98.9 Å². The van der Waals surface area contributed by atoms with Gasteiger partial charge in [0.15, 0.2) is 5.75 Å². The Kier molecular flexibility index (Phi) is 5.26. The predicted molar refractivity (Wildman–Crippen MR) is 84.1 cm³/mol. The molecule has 0 aliphatic rings. The molecule has 1 heterocycles. The maximum Gasteiger partial charge on any atom is 0.315 e. The smallest absolute Gasteiger partial charge is 0.315 e. The van der Waals surface area contributed by atoms with Crippen LogP contribution in [-0.2, 0) is 0 Å². The predicted octanol–water partition coefficient (Wildman–Crippen LogP) is 2.90. The maximum atomic E-state index is 11.2. The zero-order valence-corrected chi connectivity index (χ0v) is 12.8. The molecule has 0 bridgehead atoms. The highest BCUT2D eigenvalue weighted by Crippen LogP contribution is 2.37. The van der Waals surface area contributed by atoms with Gasteiger partial charge in [0.1, 0.15) is 0 Å². The van der Waals surface area contributed by atoms with E-state index in [4.69, 9.17) is 9.47 Å². The third-order valence-electron chi connectivity index (χ3n) is 2.56. The van der Waals surface area contributed by atoms with Gasteiger partial charge in [0.25, 0.3) is 0 Å². The van der Waals surface area contributed by atoms with E-state index in [1.807, 2.05) is 5.38 Å². The van der Waals surface area contributed by atoms with E-state index in [9.17, 15) is 10.1 Å². The molecule has 0 fully saturated rings. The molecule has 0 unspecified atom stereocenters. The second kappa shape index (κ2) is 7.36. The Labute approximate surface area is 130 Å². The van der Waals surface area contributed by atoms with Crippen LogP contribution in [-0.4, -0.2) is 29.8 Å². The Morgan fingerprint density at radius 3 is 2.95 bits per heavy atom. The van der Waals surface area contributed by atoms with Crippen LogP contribution in [0.4, 0.5) is 10.8 Å². The summed E-state index contributed by atoms with van der Waals surface area (Å²) in [5.41, 5.74) is 3.07. The molecule has 2 rings (SSSR count). The Balaban J connectivity index is 2.30. The molecule has 0 atom stereocenters. The minimum absolute atomic E-state index is 0.0943. The number of nitro groups is 1. The van der Waals surface area contributed by atoms with Crippen molar-refractivity contribution in [2.45, 2.75) is 6.92 Å². The molecule has 2 aromatic rings. The minimum Gasteiger partial charge on any atom is -0.490 e. The lowest BCUT2D eigenvalue weighted by Gasteiger charge is -2.10. The largest absolute Gasteiger partial charge is 0.490 e. The van der Waals surface area contributed by atoms with E-state index in [2.05, 4.69) is 15.5 Å². The number of benzene rings is 1. The third kappa shape index (κ3) is 3.70. The Bertz CT molecular complexity index is 673. The van der Waals surface area contributed by atoms with Gasteiger partial charge in [-0.1, -0.05) is 0 Å². The van der Waals surface area contributed by atoms with E-state index in [-0.39, 0.29) is 11.4 Å². The first-order chi connectivity index (χ1) is 10.7. The summed E-state index contributed by atoms with van der Waals surface area (Å²) in [4.78, 5) is 14.6. The molecule has 9 heteroatoms. The number of methoxy groups -OCH3 is 1. The zero-order chi connectivity index (χ0) is 15.9. The van der Waals surface area contributed by atoms with Gasteiger partial charge in [-0.15, -0.1) is 11.3 Å².